The summed E-state index contributed by atoms with van der Waals surface area (Å²) in [6.07, 6.45) is 10.7. The van der Waals surface area contributed by atoms with E-state index < -0.39 is 11.9 Å². The van der Waals surface area contributed by atoms with Crippen LogP contribution in [0.5, 0.6) is 0 Å². The van der Waals surface area contributed by atoms with Gasteiger partial charge in [-0.15, -0.1) is 0 Å². The van der Waals surface area contributed by atoms with Crippen LogP contribution >= 0.6 is 0 Å². The Hall–Kier alpha value is -1.64. The second kappa shape index (κ2) is 11.0. The highest BCUT2D eigenvalue weighted by Crippen LogP contribution is 2.14. The zero-order chi connectivity index (χ0) is 17.1. The third-order valence-electron chi connectivity index (χ3n) is 3.61. The SMILES string of the molecule is CC(=O)C(CC=C(C)CCC=C(C)CCC=C(C)C)C(=O)O. The fourth-order valence-electron chi connectivity index (χ4n) is 2.10. The Labute approximate surface area is 134 Å². The van der Waals surface area contributed by atoms with Crippen LogP contribution in [-0.4, -0.2) is 16.9 Å². The summed E-state index contributed by atoms with van der Waals surface area (Å²) in [4.78, 5) is 22.2. The van der Waals surface area contributed by atoms with Gasteiger partial charge < -0.3 is 5.11 Å². The van der Waals surface area contributed by atoms with Crippen molar-refractivity contribution in [3.8, 4) is 0 Å². The van der Waals surface area contributed by atoms with E-state index in [2.05, 4.69) is 32.9 Å². The van der Waals surface area contributed by atoms with Crippen LogP contribution in [0.4, 0.5) is 0 Å². The van der Waals surface area contributed by atoms with E-state index in [-0.39, 0.29) is 5.78 Å². The fourth-order valence-corrected chi connectivity index (χ4v) is 2.10. The van der Waals surface area contributed by atoms with Crippen LogP contribution in [0.1, 0.15) is 66.7 Å². The molecule has 3 nitrogen and oxygen atoms in total. The standard InChI is InChI=1S/C19H30O3/c1-14(2)8-6-9-15(3)10-7-11-16(4)12-13-18(17(5)20)19(21)22/h8,10,12,18H,6-7,9,11,13H2,1-5H3,(H,21,22). The molecule has 0 aromatic carbocycles. The highest BCUT2D eigenvalue weighted by Gasteiger charge is 2.20. The molecule has 0 aliphatic heterocycles. The lowest BCUT2D eigenvalue weighted by Gasteiger charge is -2.06. The van der Waals surface area contributed by atoms with Crippen molar-refractivity contribution in [2.45, 2.75) is 66.7 Å². The average Bonchev–Trinajstić information content (AvgIpc) is 2.37. The van der Waals surface area contributed by atoms with Gasteiger partial charge in [0.2, 0.25) is 0 Å². The number of carbonyl (C=O) groups excluding carboxylic acids is 1. The van der Waals surface area contributed by atoms with Gasteiger partial charge in [0, 0.05) is 0 Å². The number of carbonyl (C=O) groups is 2. The summed E-state index contributed by atoms with van der Waals surface area (Å²) in [5, 5.41) is 8.96. The van der Waals surface area contributed by atoms with Gasteiger partial charge in [0.15, 0.2) is 0 Å². The molecule has 0 aliphatic rings. The van der Waals surface area contributed by atoms with Gasteiger partial charge in [-0.25, -0.2) is 0 Å². The Bertz CT molecular complexity index is 449. The van der Waals surface area contributed by atoms with E-state index in [1.807, 2.05) is 13.0 Å². The maximum atomic E-state index is 11.2. The van der Waals surface area contributed by atoms with Crippen LogP contribution in [0, 0.1) is 5.92 Å². The maximum Gasteiger partial charge on any atom is 0.314 e. The van der Waals surface area contributed by atoms with Crippen molar-refractivity contribution in [3.05, 3.63) is 34.9 Å². The van der Waals surface area contributed by atoms with Gasteiger partial charge in [0.1, 0.15) is 11.7 Å². The van der Waals surface area contributed by atoms with E-state index in [4.69, 9.17) is 5.11 Å². The van der Waals surface area contributed by atoms with Gasteiger partial charge in [-0.2, -0.15) is 0 Å². The molecule has 124 valence electrons. The van der Waals surface area contributed by atoms with Crippen molar-refractivity contribution in [3.63, 3.8) is 0 Å². The highest BCUT2D eigenvalue weighted by molar-refractivity contribution is 5.96. The first kappa shape index (κ1) is 20.4. The number of hydrogen-bond donors (Lipinski definition) is 1. The summed E-state index contributed by atoms with van der Waals surface area (Å²) in [5.74, 6) is -2.23. The molecule has 1 unspecified atom stereocenters. The number of carboxylic acids is 1. The molecule has 0 heterocycles. The smallest absolute Gasteiger partial charge is 0.314 e. The zero-order valence-corrected chi connectivity index (χ0v) is 14.6. The lowest BCUT2D eigenvalue weighted by Crippen LogP contribution is -2.20. The molecule has 0 aliphatic carbocycles. The lowest BCUT2D eigenvalue weighted by atomic mass is 9.98. The Balaban J connectivity index is 4.23. The molecule has 22 heavy (non-hydrogen) atoms. The molecule has 0 rings (SSSR count). The van der Waals surface area contributed by atoms with Gasteiger partial charge >= 0.3 is 5.97 Å². The number of hydrogen-bond acceptors (Lipinski definition) is 2. The maximum absolute atomic E-state index is 11.2. The quantitative estimate of drug-likeness (QED) is 0.452. The molecule has 0 radical (unpaired) electrons. The molecule has 0 fully saturated rings. The third kappa shape index (κ3) is 10.1. The van der Waals surface area contributed by atoms with Crippen molar-refractivity contribution in [1.29, 1.82) is 0 Å². The number of carboxylic acid groups (broad SMARTS) is 1. The summed E-state index contributed by atoms with van der Waals surface area (Å²) in [6, 6.07) is 0. The van der Waals surface area contributed by atoms with Crippen LogP contribution in [0.2, 0.25) is 0 Å². The molecule has 0 aromatic rings. The number of Topliss-reactive ketones (excluding diaryl/α,β-unsaturated/α-hetero) is 1. The van der Waals surface area contributed by atoms with Gasteiger partial charge in [-0.05, 0) is 66.7 Å². The second-order valence-electron chi connectivity index (χ2n) is 6.20. The molecule has 0 spiro atoms. The number of allylic oxidation sites excluding steroid dienone is 6. The molecule has 1 atom stereocenters. The van der Waals surface area contributed by atoms with Crippen LogP contribution in [0.15, 0.2) is 34.9 Å². The monoisotopic (exact) mass is 306 g/mol. The van der Waals surface area contributed by atoms with Gasteiger partial charge in [0.25, 0.3) is 0 Å². The van der Waals surface area contributed by atoms with Crippen molar-refractivity contribution in [1.82, 2.24) is 0 Å². The minimum atomic E-state index is -1.04. The summed E-state index contributed by atoms with van der Waals surface area (Å²) < 4.78 is 0. The Morgan fingerprint density at radius 3 is 1.82 bits per heavy atom. The van der Waals surface area contributed by atoms with Gasteiger partial charge in [-0.1, -0.05) is 34.9 Å². The Kier molecular flexibility index (Phi) is 10.2. The largest absolute Gasteiger partial charge is 0.481 e. The number of aliphatic carboxylic acids is 1. The van der Waals surface area contributed by atoms with E-state index in [1.54, 1.807) is 0 Å². The molecule has 0 saturated carbocycles. The number of ketones is 1. The average molecular weight is 306 g/mol. The first-order valence-corrected chi connectivity index (χ1v) is 7.92. The molecule has 0 bridgehead atoms. The molecule has 0 saturated heterocycles. The minimum absolute atomic E-state index is 0.286. The molecular weight excluding hydrogens is 276 g/mol. The summed E-state index contributed by atoms with van der Waals surface area (Å²) >= 11 is 0. The van der Waals surface area contributed by atoms with Crippen molar-refractivity contribution in [2.75, 3.05) is 0 Å². The van der Waals surface area contributed by atoms with E-state index >= 15 is 0 Å². The van der Waals surface area contributed by atoms with Crippen LogP contribution in [0.25, 0.3) is 0 Å². The fraction of sp³-hybridized carbons (Fsp3) is 0.579. The predicted octanol–water partition coefficient (Wildman–Crippen LogP) is 5.09. The first-order chi connectivity index (χ1) is 10.2. The van der Waals surface area contributed by atoms with Crippen LogP contribution < -0.4 is 0 Å². The van der Waals surface area contributed by atoms with Crippen LogP contribution in [0.3, 0.4) is 0 Å². The molecule has 0 amide bonds. The summed E-state index contributed by atoms with van der Waals surface area (Å²) in [6.45, 7) is 9.69. The molecular formula is C19H30O3. The Morgan fingerprint density at radius 2 is 1.36 bits per heavy atom. The second-order valence-corrected chi connectivity index (χ2v) is 6.20. The van der Waals surface area contributed by atoms with Crippen molar-refractivity contribution >= 4 is 11.8 Å². The third-order valence-corrected chi connectivity index (χ3v) is 3.61. The number of rotatable bonds is 10. The summed E-state index contributed by atoms with van der Waals surface area (Å²) in [7, 11) is 0. The van der Waals surface area contributed by atoms with Crippen molar-refractivity contribution in [2.24, 2.45) is 5.92 Å². The van der Waals surface area contributed by atoms with E-state index in [0.29, 0.717) is 6.42 Å². The van der Waals surface area contributed by atoms with Gasteiger partial charge in [0.05, 0.1) is 0 Å². The zero-order valence-electron chi connectivity index (χ0n) is 14.6. The van der Waals surface area contributed by atoms with E-state index in [1.165, 1.54) is 18.1 Å². The normalized spacial score (nSPS) is 13.7. The van der Waals surface area contributed by atoms with E-state index in [0.717, 1.165) is 31.3 Å². The highest BCUT2D eigenvalue weighted by atomic mass is 16.4. The van der Waals surface area contributed by atoms with Crippen molar-refractivity contribution < 1.29 is 14.7 Å². The summed E-state index contributed by atoms with van der Waals surface area (Å²) in [5.41, 5.74) is 3.88. The minimum Gasteiger partial charge on any atom is -0.481 e. The van der Waals surface area contributed by atoms with E-state index in [9.17, 15) is 9.59 Å². The predicted molar refractivity (Wildman–Crippen MR) is 91.8 cm³/mol. The molecule has 3 heteroatoms. The first-order valence-electron chi connectivity index (χ1n) is 7.92. The lowest BCUT2D eigenvalue weighted by molar-refractivity contribution is -0.145. The molecule has 1 N–H and O–H groups in total. The molecule has 0 aromatic heterocycles. The van der Waals surface area contributed by atoms with Crippen LogP contribution in [-0.2, 0) is 9.59 Å². The van der Waals surface area contributed by atoms with Gasteiger partial charge in [-0.3, -0.25) is 9.59 Å². The topological polar surface area (TPSA) is 54.4 Å². The Morgan fingerprint density at radius 1 is 0.864 bits per heavy atom.